The Labute approximate surface area is 96.6 Å². The van der Waals surface area contributed by atoms with Crippen molar-refractivity contribution in [2.45, 2.75) is 6.92 Å². The average Bonchev–Trinajstić information content (AvgIpc) is 2.59. The number of ether oxygens (including phenoxy) is 1. The highest BCUT2D eigenvalue weighted by Crippen LogP contribution is 2.16. The topological polar surface area (TPSA) is 59.9 Å². The van der Waals surface area contributed by atoms with Gasteiger partial charge in [0.25, 0.3) is 0 Å². The van der Waals surface area contributed by atoms with Crippen LogP contribution in [0.15, 0.2) is 29.1 Å². The fourth-order valence-electron chi connectivity index (χ4n) is 1.33. The van der Waals surface area contributed by atoms with Crippen LogP contribution >= 0.6 is 11.6 Å². The molecule has 0 bridgehead atoms. The van der Waals surface area contributed by atoms with Crippen molar-refractivity contribution in [1.29, 1.82) is 0 Å². The van der Waals surface area contributed by atoms with Gasteiger partial charge in [-0.1, -0.05) is 0 Å². The van der Waals surface area contributed by atoms with Crippen LogP contribution in [0.4, 0.5) is 0 Å². The number of aromatic nitrogens is 3. The van der Waals surface area contributed by atoms with Crippen LogP contribution in [0.1, 0.15) is 6.92 Å². The number of aromatic amines is 1. The third-order valence-corrected chi connectivity index (χ3v) is 2.25. The van der Waals surface area contributed by atoms with Gasteiger partial charge in [0.2, 0.25) is 5.28 Å². The SMILES string of the molecule is CCOc1ccc(-n2[nH]c(=O)nc2Cl)cc1. The Balaban J connectivity index is 2.34. The summed E-state index contributed by atoms with van der Waals surface area (Å²) in [6.07, 6.45) is 0. The first-order valence-electron chi connectivity index (χ1n) is 4.78. The summed E-state index contributed by atoms with van der Waals surface area (Å²) in [6.45, 7) is 2.53. The van der Waals surface area contributed by atoms with Gasteiger partial charge in [-0.3, -0.25) is 0 Å². The number of hydrogen-bond donors (Lipinski definition) is 1. The number of halogens is 1. The van der Waals surface area contributed by atoms with E-state index >= 15 is 0 Å². The minimum atomic E-state index is -0.473. The van der Waals surface area contributed by atoms with Gasteiger partial charge in [0.1, 0.15) is 5.75 Å². The molecule has 2 rings (SSSR count). The number of hydrogen-bond acceptors (Lipinski definition) is 3. The molecule has 6 heteroatoms. The second-order valence-electron chi connectivity index (χ2n) is 3.06. The Hall–Kier alpha value is -1.75. The van der Waals surface area contributed by atoms with E-state index in [1.54, 1.807) is 24.3 Å². The molecule has 0 saturated heterocycles. The number of H-pyrrole nitrogens is 1. The quantitative estimate of drug-likeness (QED) is 0.885. The van der Waals surface area contributed by atoms with Crippen molar-refractivity contribution in [2.75, 3.05) is 6.61 Å². The molecule has 0 aliphatic heterocycles. The normalized spacial score (nSPS) is 10.4. The summed E-state index contributed by atoms with van der Waals surface area (Å²) in [5.41, 5.74) is 0.252. The van der Waals surface area contributed by atoms with Crippen LogP contribution in [-0.4, -0.2) is 21.4 Å². The van der Waals surface area contributed by atoms with E-state index < -0.39 is 5.69 Å². The Morgan fingerprint density at radius 2 is 2.12 bits per heavy atom. The number of nitrogens with zero attached hydrogens (tertiary/aromatic N) is 2. The first-order chi connectivity index (χ1) is 7.70. The summed E-state index contributed by atoms with van der Waals surface area (Å²) in [4.78, 5) is 14.5. The van der Waals surface area contributed by atoms with E-state index in [9.17, 15) is 4.79 Å². The molecule has 0 unspecified atom stereocenters. The molecule has 16 heavy (non-hydrogen) atoms. The summed E-state index contributed by atoms with van der Waals surface area (Å²) in [7, 11) is 0. The average molecular weight is 240 g/mol. The maximum absolute atomic E-state index is 11.0. The standard InChI is InChI=1S/C10H10ClN3O2/c1-2-16-8-5-3-7(4-6-8)14-9(11)12-10(15)13-14/h3-6H,2H2,1H3,(H,13,15). The molecular formula is C10H10ClN3O2. The van der Waals surface area contributed by atoms with E-state index in [0.717, 1.165) is 11.4 Å². The van der Waals surface area contributed by atoms with Gasteiger partial charge in [-0.25, -0.2) is 14.6 Å². The zero-order valence-electron chi connectivity index (χ0n) is 8.61. The molecule has 84 valence electrons. The maximum Gasteiger partial charge on any atom is 0.362 e. The van der Waals surface area contributed by atoms with E-state index in [2.05, 4.69) is 10.1 Å². The van der Waals surface area contributed by atoms with Gasteiger partial charge in [-0.05, 0) is 42.8 Å². The maximum atomic E-state index is 11.0. The van der Waals surface area contributed by atoms with Gasteiger partial charge in [0.15, 0.2) is 0 Å². The fourth-order valence-corrected chi connectivity index (χ4v) is 1.55. The largest absolute Gasteiger partial charge is 0.494 e. The van der Waals surface area contributed by atoms with Gasteiger partial charge in [0.05, 0.1) is 12.3 Å². The smallest absolute Gasteiger partial charge is 0.362 e. The summed E-state index contributed by atoms with van der Waals surface area (Å²) in [6, 6.07) is 7.17. The first kappa shape index (κ1) is 10.8. The van der Waals surface area contributed by atoms with Gasteiger partial charge < -0.3 is 4.74 Å². The van der Waals surface area contributed by atoms with Crippen LogP contribution < -0.4 is 10.4 Å². The zero-order valence-corrected chi connectivity index (χ0v) is 9.36. The molecule has 0 spiro atoms. The van der Waals surface area contributed by atoms with Crippen molar-refractivity contribution in [2.24, 2.45) is 0 Å². The Bertz CT molecular complexity index is 530. The van der Waals surface area contributed by atoms with Crippen LogP contribution in [0.3, 0.4) is 0 Å². The first-order valence-corrected chi connectivity index (χ1v) is 5.16. The molecule has 0 atom stereocenters. The highest BCUT2D eigenvalue weighted by atomic mass is 35.5. The Morgan fingerprint density at radius 3 is 2.62 bits per heavy atom. The van der Waals surface area contributed by atoms with Crippen molar-refractivity contribution in [3.05, 3.63) is 40.0 Å². The van der Waals surface area contributed by atoms with Crippen molar-refractivity contribution < 1.29 is 4.74 Å². The van der Waals surface area contributed by atoms with Gasteiger partial charge >= 0.3 is 5.69 Å². The van der Waals surface area contributed by atoms with E-state index in [1.165, 1.54) is 4.68 Å². The molecule has 1 aromatic carbocycles. The van der Waals surface area contributed by atoms with Crippen LogP contribution in [0.25, 0.3) is 5.69 Å². The minimum absolute atomic E-state index is 0.106. The van der Waals surface area contributed by atoms with Gasteiger partial charge in [0, 0.05) is 0 Å². The second kappa shape index (κ2) is 4.40. The molecule has 1 heterocycles. The lowest BCUT2D eigenvalue weighted by Crippen LogP contribution is -2.05. The molecule has 0 amide bonds. The predicted octanol–water partition coefficient (Wildman–Crippen LogP) is 1.61. The van der Waals surface area contributed by atoms with E-state index in [4.69, 9.17) is 16.3 Å². The molecule has 0 saturated carbocycles. The van der Waals surface area contributed by atoms with Crippen molar-refractivity contribution in [1.82, 2.24) is 14.8 Å². The van der Waals surface area contributed by atoms with Crippen molar-refractivity contribution in [3.63, 3.8) is 0 Å². The van der Waals surface area contributed by atoms with E-state index in [-0.39, 0.29) is 5.28 Å². The molecule has 2 aromatic rings. The molecule has 0 fully saturated rings. The molecule has 1 aromatic heterocycles. The summed E-state index contributed by atoms with van der Waals surface area (Å²) in [5, 5.41) is 2.60. The van der Waals surface area contributed by atoms with E-state index in [0.29, 0.717) is 6.61 Å². The third kappa shape index (κ3) is 2.09. The van der Waals surface area contributed by atoms with Crippen LogP contribution in [0.2, 0.25) is 5.28 Å². The van der Waals surface area contributed by atoms with Crippen molar-refractivity contribution in [3.8, 4) is 11.4 Å². The monoisotopic (exact) mass is 239 g/mol. The van der Waals surface area contributed by atoms with Crippen LogP contribution in [0.5, 0.6) is 5.75 Å². The highest BCUT2D eigenvalue weighted by Gasteiger charge is 2.05. The summed E-state index contributed by atoms with van der Waals surface area (Å²) < 4.78 is 6.70. The third-order valence-electron chi connectivity index (χ3n) is 1.99. The van der Waals surface area contributed by atoms with Crippen LogP contribution in [0, 0.1) is 0 Å². The number of rotatable bonds is 3. The predicted molar refractivity (Wildman–Crippen MR) is 60.4 cm³/mol. The molecule has 5 nitrogen and oxygen atoms in total. The van der Waals surface area contributed by atoms with Crippen molar-refractivity contribution >= 4 is 11.6 Å². The number of nitrogens with one attached hydrogen (secondary N) is 1. The zero-order chi connectivity index (χ0) is 11.5. The molecule has 0 aliphatic carbocycles. The Kier molecular flexibility index (Phi) is 2.96. The molecular weight excluding hydrogens is 230 g/mol. The second-order valence-corrected chi connectivity index (χ2v) is 3.40. The molecule has 1 N–H and O–H groups in total. The van der Waals surface area contributed by atoms with Gasteiger partial charge in [-0.15, -0.1) is 0 Å². The van der Waals surface area contributed by atoms with Gasteiger partial charge in [-0.2, -0.15) is 4.98 Å². The molecule has 0 radical (unpaired) electrons. The summed E-state index contributed by atoms with van der Waals surface area (Å²) >= 11 is 5.77. The lowest BCUT2D eigenvalue weighted by molar-refractivity contribution is 0.340. The molecule has 0 aliphatic rings. The van der Waals surface area contributed by atoms with E-state index in [1.807, 2.05) is 6.92 Å². The lowest BCUT2D eigenvalue weighted by atomic mass is 10.3. The fraction of sp³-hybridized carbons (Fsp3) is 0.200. The minimum Gasteiger partial charge on any atom is -0.494 e. The Morgan fingerprint density at radius 1 is 1.44 bits per heavy atom. The summed E-state index contributed by atoms with van der Waals surface area (Å²) in [5.74, 6) is 0.768. The highest BCUT2D eigenvalue weighted by molar-refractivity contribution is 6.28. The lowest BCUT2D eigenvalue weighted by Gasteiger charge is -2.05. The number of benzene rings is 1. The van der Waals surface area contributed by atoms with Crippen LogP contribution in [-0.2, 0) is 0 Å².